The number of unbranched alkanes of at least 4 members (excludes halogenated alkanes) is 1. The van der Waals surface area contributed by atoms with E-state index in [1.807, 2.05) is 18.2 Å². The lowest BCUT2D eigenvalue weighted by Gasteiger charge is -2.38. The molecule has 0 spiro atoms. The van der Waals surface area contributed by atoms with Crippen LogP contribution in [-0.2, 0) is 29.9 Å². The first-order valence-electron chi connectivity index (χ1n) is 10.3. The van der Waals surface area contributed by atoms with Gasteiger partial charge < -0.3 is 13.9 Å². The Bertz CT molecular complexity index is 840. The van der Waals surface area contributed by atoms with Crippen molar-refractivity contribution >= 4 is 20.3 Å². The molecule has 6 heteroatoms. The molecular formula is C24H32O5Si. The standard InChI is InChI=1S/C24H32O5Si/c1-18(25)27-21(16-12-8-11-15-19-13-9-7-10-14-19)20-17-22(26)28-23(20)29-30(5,6)24(2,3)4/h7,9-10,13-14,17,21,23H,8,11,15H2,1-6H3. The third kappa shape index (κ3) is 6.86. The summed E-state index contributed by atoms with van der Waals surface area (Å²) in [4.78, 5) is 23.6. The number of carbonyl (C=O) groups excluding carboxylic acids is 2. The van der Waals surface area contributed by atoms with Crippen molar-refractivity contribution in [2.45, 2.75) is 77.5 Å². The van der Waals surface area contributed by atoms with Gasteiger partial charge in [0.1, 0.15) is 0 Å². The van der Waals surface area contributed by atoms with Gasteiger partial charge in [0.05, 0.1) is 5.57 Å². The summed E-state index contributed by atoms with van der Waals surface area (Å²) in [7, 11) is -2.22. The number of ether oxygens (including phenoxy) is 2. The van der Waals surface area contributed by atoms with E-state index in [2.05, 4.69) is 57.8 Å². The first-order chi connectivity index (χ1) is 14.0. The molecule has 0 saturated carbocycles. The van der Waals surface area contributed by atoms with Crippen LogP contribution in [0.4, 0.5) is 0 Å². The number of aryl methyl sites for hydroxylation is 1. The Morgan fingerprint density at radius 1 is 1.23 bits per heavy atom. The van der Waals surface area contributed by atoms with Crippen molar-refractivity contribution in [3.8, 4) is 11.8 Å². The van der Waals surface area contributed by atoms with Crippen molar-refractivity contribution in [2.75, 3.05) is 0 Å². The van der Waals surface area contributed by atoms with Gasteiger partial charge in [-0.3, -0.25) is 4.79 Å². The molecule has 0 aliphatic carbocycles. The van der Waals surface area contributed by atoms with E-state index in [1.54, 1.807) is 0 Å². The third-order valence-electron chi connectivity index (χ3n) is 5.42. The van der Waals surface area contributed by atoms with Crippen molar-refractivity contribution in [1.29, 1.82) is 0 Å². The summed E-state index contributed by atoms with van der Waals surface area (Å²) in [5.41, 5.74) is 1.71. The zero-order valence-electron chi connectivity index (χ0n) is 18.8. The molecule has 1 aromatic carbocycles. The molecular weight excluding hydrogens is 396 g/mol. The highest BCUT2D eigenvalue weighted by Gasteiger charge is 2.44. The van der Waals surface area contributed by atoms with E-state index in [1.165, 1.54) is 18.6 Å². The first kappa shape index (κ1) is 23.9. The monoisotopic (exact) mass is 428 g/mol. The lowest BCUT2D eigenvalue weighted by Crippen LogP contribution is -2.45. The molecule has 162 valence electrons. The molecule has 5 nitrogen and oxygen atoms in total. The molecule has 2 unspecified atom stereocenters. The molecule has 1 heterocycles. The molecule has 2 rings (SSSR count). The fourth-order valence-corrected chi connectivity index (χ4v) is 3.76. The Balaban J connectivity index is 2.09. The second-order valence-corrected chi connectivity index (χ2v) is 13.7. The second kappa shape index (κ2) is 10.1. The Morgan fingerprint density at radius 3 is 2.50 bits per heavy atom. The summed E-state index contributed by atoms with van der Waals surface area (Å²) in [6.07, 6.45) is 2.07. The minimum absolute atomic E-state index is 0.0623. The SMILES string of the molecule is CC(=O)OC(C#CCCCc1ccccc1)C1=CC(=O)OC1O[Si](C)(C)C(C)(C)C. The fourth-order valence-electron chi connectivity index (χ4n) is 2.68. The molecule has 1 aliphatic heterocycles. The minimum atomic E-state index is -2.22. The Morgan fingerprint density at radius 2 is 1.90 bits per heavy atom. The maximum absolute atomic E-state index is 12.0. The smallest absolute Gasteiger partial charge is 0.333 e. The number of hydrogen-bond acceptors (Lipinski definition) is 5. The van der Waals surface area contributed by atoms with Gasteiger partial charge in [-0.15, -0.1) is 0 Å². The van der Waals surface area contributed by atoms with Gasteiger partial charge in [0.2, 0.25) is 6.29 Å². The van der Waals surface area contributed by atoms with Gasteiger partial charge in [-0.05, 0) is 36.5 Å². The Kier molecular flexibility index (Phi) is 8.05. The topological polar surface area (TPSA) is 61.8 Å². The van der Waals surface area contributed by atoms with Gasteiger partial charge in [-0.25, -0.2) is 4.79 Å². The van der Waals surface area contributed by atoms with Gasteiger partial charge in [-0.1, -0.05) is 62.9 Å². The van der Waals surface area contributed by atoms with Crippen molar-refractivity contribution in [3.05, 3.63) is 47.5 Å². The van der Waals surface area contributed by atoms with E-state index in [-0.39, 0.29) is 5.04 Å². The van der Waals surface area contributed by atoms with E-state index in [0.29, 0.717) is 12.0 Å². The Hall–Kier alpha value is -2.36. The van der Waals surface area contributed by atoms with Gasteiger partial charge in [0.25, 0.3) is 0 Å². The number of carbonyl (C=O) groups is 2. The summed E-state index contributed by atoms with van der Waals surface area (Å²) >= 11 is 0. The van der Waals surface area contributed by atoms with Crippen LogP contribution in [0.3, 0.4) is 0 Å². The number of esters is 2. The van der Waals surface area contributed by atoms with Gasteiger partial charge in [0, 0.05) is 19.4 Å². The van der Waals surface area contributed by atoms with Crippen LogP contribution in [0.1, 0.15) is 46.1 Å². The zero-order valence-corrected chi connectivity index (χ0v) is 19.8. The van der Waals surface area contributed by atoms with E-state index in [4.69, 9.17) is 13.9 Å². The maximum atomic E-state index is 12.0. The van der Waals surface area contributed by atoms with Crippen LogP contribution in [-0.4, -0.2) is 32.6 Å². The molecule has 1 aliphatic rings. The van der Waals surface area contributed by atoms with E-state index in [9.17, 15) is 9.59 Å². The molecule has 0 aromatic heterocycles. The predicted molar refractivity (Wildman–Crippen MR) is 119 cm³/mol. The van der Waals surface area contributed by atoms with Gasteiger partial charge >= 0.3 is 11.9 Å². The summed E-state index contributed by atoms with van der Waals surface area (Å²) in [6.45, 7) is 11.8. The van der Waals surface area contributed by atoms with E-state index in [0.717, 1.165) is 12.8 Å². The summed E-state index contributed by atoms with van der Waals surface area (Å²) in [6, 6.07) is 10.2. The molecule has 0 bridgehead atoms. The van der Waals surface area contributed by atoms with E-state index < -0.39 is 32.6 Å². The number of hydrogen-bond donors (Lipinski definition) is 0. The third-order valence-corrected chi connectivity index (χ3v) is 9.83. The number of cyclic esters (lactones) is 1. The van der Waals surface area contributed by atoms with Crippen LogP contribution in [0.15, 0.2) is 42.0 Å². The van der Waals surface area contributed by atoms with Crippen LogP contribution in [0.5, 0.6) is 0 Å². The maximum Gasteiger partial charge on any atom is 0.333 e. The van der Waals surface area contributed by atoms with Crippen LogP contribution in [0, 0.1) is 11.8 Å². The molecule has 0 N–H and O–H groups in total. The van der Waals surface area contributed by atoms with Crippen molar-refractivity contribution in [1.82, 2.24) is 0 Å². The minimum Gasteiger partial charge on any atom is -0.444 e. The van der Waals surface area contributed by atoms with Gasteiger partial charge in [-0.2, -0.15) is 0 Å². The number of benzene rings is 1. The average Bonchev–Trinajstić information content (AvgIpc) is 2.99. The molecule has 1 aromatic rings. The Labute approximate surface area is 180 Å². The molecule has 0 saturated heterocycles. The van der Waals surface area contributed by atoms with Crippen molar-refractivity contribution in [3.63, 3.8) is 0 Å². The molecule has 0 fully saturated rings. The van der Waals surface area contributed by atoms with Crippen LogP contribution in [0.2, 0.25) is 18.1 Å². The fraction of sp³-hybridized carbons (Fsp3) is 0.500. The quantitative estimate of drug-likeness (QED) is 0.271. The zero-order chi connectivity index (χ0) is 22.4. The number of rotatable bonds is 7. The highest BCUT2D eigenvalue weighted by atomic mass is 28.4. The first-order valence-corrected chi connectivity index (χ1v) is 13.2. The molecule has 0 amide bonds. The lowest BCUT2D eigenvalue weighted by atomic mass is 10.1. The van der Waals surface area contributed by atoms with Crippen LogP contribution in [0.25, 0.3) is 0 Å². The average molecular weight is 429 g/mol. The second-order valence-electron chi connectivity index (χ2n) is 8.94. The highest BCUT2D eigenvalue weighted by molar-refractivity contribution is 6.74. The lowest BCUT2D eigenvalue weighted by molar-refractivity contribution is -0.151. The summed E-state index contributed by atoms with van der Waals surface area (Å²) in [5, 5.41) is -0.0623. The van der Waals surface area contributed by atoms with Crippen LogP contribution < -0.4 is 0 Å². The largest absolute Gasteiger partial charge is 0.444 e. The van der Waals surface area contributed by atoms with Crippen LogP contribution >= 0.6 is 0 Å². The highest BCUT2D eigenvalue weighted by Crippen LogP contribution is 2.39. The van der Waals surface area contributed by atoms with Gasteiger partial charge in [0.15, 0.2) is 14.4 Å². The molecule has 0 radical (unpaired) electrons. The molecule has 2 atom stereocenters. The van der Waals surface area contributed by atoms with Crippen molar-refractivity contribution < 1.29 is 23.5 Å². The molecule has 30 heavy (non-hydrogen) atoms. The summed E-state index contributed by atoms with van der Waals surface area (Å²) < 4.78 is 17.0. The normalized spacial score (nSPS) is 17.5. The van der Waals surface area contributed by atoms with E-state index >= 15 is 0 Å². The van der Waals surface area contributed by atoms with Crippen molar-refractivity contribution in [2.24, 2.45) is 0 Å². The predicted octanol–water partition coefficient (Wildman–Crippen LogP) is 4.78. The summed E-state index contributed by atoms with van der Waals surface area (Å²) in [5.74, 6) is 5.11.